The molecule has 0 spiro atoms. The van der Waals surface area contributed by atoms with Crippen LogP contribution in [-0.2, 0) is 6.54 Å². The van der Waals surface area contributed by atoms with Gasteiger partial charge >= 0.3 is 0 Å². The Morgan fingerprint density at radius 3 is 2.40 bits per heavy atom. The molecule has 2 heterocycles. The molecule has 0 amide bonds. The van der Waals surface area contributed by atoms with Gasteiger partial charge in [0.2, 0.25) is 0 Å². The molecule has 3 aliphatic rings. The van der Waals surface area contributed by atoms with Gasteiger partial charge in [0.05, 0.1) is 5.69 Å². The molecule has 2 saturated carbocycles. The summed E-state index contributed by atoms with van der Waals surface area (Å²) in [5, 5.41) is 7.64. The molecule has 4 nitrogen and oxygen atoms in total. The van der Waals surface area contributed by atoms with Crippen molar-refractivity contribution in [1.29, 1.82) is 0 Å². The molecule has 1 aromatic carbocycles. The fourth-order valence-electron chi connectivity index (χ4n) is 5.92. The van der Waals surface area contributed by atoms with E-state index in [4.69, 9.17) is 0 Å². The fraction of sp³-hybridized carbons (Fsp3) is 0.654. The van der Waals surface area contributed by atoms with Gasteiger partial charge in [-0.1, -0.05) is 24.3 Å². The molecule has 30 heavy (non-hydrogen) atoms. The number of rotatable bonds is 8. The summed E-state index contributed by atoms with van der Waals surface area (Å²) < 4.78 is 0. The molecule has 5 rings (SSSR count). The summed E-state index contributed by atoms with van der Waals surface area (Å²) in [6.07, 6.45) is 8.19. The first-order chi connectivity index (χ1) is 14.6. The van der Waals surface area contributed by atoms with Crippen molar-refractivity contribution < 1.29 is 0 Å². The van der Waals surface area contributed by atoms with Crippen molar-refractivity contribution in [3.05, 3.63) is 52.3 Å². The van der Waals surface area contributed by atoms with Crippen LogP contribution in [-0.4, -0.2) is 45.7 Å². The van der Waals surface area contributed by atoms with Crippen LogP contribution in [0.25, 0.3) is 0 Å². The number of H-pyrrole nitrogens is 1. The van der Waals surface area contributed by atoms with Crippen molar-refractivity contribution in [2.45, 2.75) is 83.8 Å². The Morgan fingerprint density at radius 1 is 1.10 bits per heavy atom. The van der Waals surface area contributed by atoms with E-state index in [9.17, 15) is 0 Å². The average molecular weight is 407 g/mol. The summed E-state index contributed by atoms with van der Waals surface area (Å²) >= 11 is 0. The highest BCUT2D eigenvalue weighted by molar-refractivity contribution is 5.28. The van der Waals surface area contributed by atoms with Crippen molar-refractivity contribution in [2.75, 3.05) is 19.6 Å². The van der Waals surface area contributed by atoms with Gasteiger partial charge in [-0.05, 0) is 95.3 Å². The number of nitrogens with zero attached hydrogens (tertiary/aromatic N) is 3. The van der Waals surface area contributed by atoms with Crippen LogP contribution < -0.4 is 0 Å². The molecule has 162 valence electrons. The van der Waals surface area contributed by atoms with E-state index in [1.807, 2.05) is 0 Å². The molecule has 1 aliphatic heterocycles. The molecule has 1 aromatic heterocycles. The predicted octanol–water partition coefficient (Wildman–Crippen LogP) is 5.34. The Kier molecular flexibility index (Phi) is 5.72. The highest BCUT2D eigenvalue weighted by Crippen LogP contribution is 2.45. The molecular weight excluding hydrogens is 368 g/mol. The molecule has 0 radical (unpaired) electrons. The number of nitrogens with one attached hydrogen (secondary N) is 1. The maximum absolute atomic E-state index is 4.45. The zero-order valence-corrected chi connectivity index (χ0v) is 19.0. The van der Waals surface area contributed by atoms with Crippen LogP contribution in [0.5, 0.6) is 0 Å². The quantitative estimate of drug-likeness (QED) is 0.642. The average Bonchev–Trinajstić information content (AvgIpc) is 3.31. The molecule has 0 bridgehead atoms. The minimum Gasteiger partial charge on any atom is -0.299 e. The Labute approximate surface area is 182 Å². The first-order valence-corrected chi connectivity index (χ1v) is 12.2. The maximum Gasteiger partial charge on any atom is 0.0641 e. The van der Waals surface area contributed by atoms with Crippen LogP contribution in [0.3, 0.4) is 0 Å². The topological polar surface area (TPSA) is 35.2 Å². The Balaban J connectivity index is 1.16. The lowest BCUT2D eigenvalue weighted by atomic mass is 9.71. The Bertz CT molecular complexity index is 819. The van der Waals surface area contributed by atoms with Gasteiger partial charge in [-0.15, -0.1) is 0 Å². The molecule has 2 aliphatic carbocycles. The third-order valence-electron chi connectivity index (χ3n) is 7.88. The van der Waals surface area contributed by atoms with Gasteiger partial charge in [0.25, 0.3) is 0 Å². The summed E-state index contributed by atoms with van der Waals surface area (Å²) in [4.78, 5) is 5.37. The van der Waals surface area contributed by atoms with Crippen LogP contribution in [0.1, 0.15) is 85.5 Å². The number of aryl methyl sites for hydroxylation is 2. The standard InChI is InChI=1S/C26H38N4/c1-18-26(19(2)28-27-18)20(3)30(25-10-11-25)17-22-14-24(15-22)23-8-6-21(7-9-23)16-29-12-4-5-13-29/h6-9,20,22,24-25H,4-5,10-17H2,1-3H3,(H,27,28). The van der Waals surface area contributed by atoms with Gasteiger partial charge in [0.1, 0.15) is 0 Å². The van der Waals surface area contributed by atoms with Gasteiger partial charge in [-0.3, -0.25) is 14.9 Å². The summed E-state index contributed by atoms with van der Waals surface area (Å²) in [5.74, 6) is 1.61. The zero-order chi connectivity index (χ0) is 20.7. The van der Waals surface area contributed by atoms with E-state index in [-0.39, 0.29) is 0 Å². The molecule has 1 saturated heterocycles. The van der Waals surface area contributed by atoms with E-state index in [0.717, 1.165) is 24.4 Å². The summed E-state index contributed by atoms with van der Waals surface area (Å²) in [6.45, 7) is 11.6. The summed E-state index contributed by atoms with van der Waals surface area (Å²) in [6, 6.07) is 10.8. The molecule has 1 atom stereocenters. The van der Waals surface area contributed by atoms with Crippen LogP contribution in [0, 0.1) is 19.8 Å². The SMILES string of the molecule is Cc1n[nH]c(C)c1C(C)N(CC1CC(c2ccc(CN3CCCC3)cc2)C1)C1CC1. The third kappa shape index (κ3) is 4.22. The van der Waals surface area contributed by atoms with Gasteiger partial charge < -0.3 is 0 Å². The van der Waals surface area contributed by atoms with Crippen molar-refractivity contribution in [3.8, 4) is 0 Å². The van der Waals surface area contributed by atoms with E-state index < -0.39 is 0 Å². The third-order valence-corrected chi connectivity index (χ3v) is 7.88. The minimum atomic E-state index is 0.472. The molecule has 1 N–H and O–H groups in total. The van der Waals surface area contributed by atoms with Crippen molar-refractivity contribution in [1.82, 2.24) is 20.0 Å². The highest BCUT2D eigenvalue weighted by atomic mass is 15.2. The van der Waals surface area contributed by atoms with Gasteiger partial charge in [-0.25, -0.2) is 0 Å². The second-order valence-electron chi connectivity index (χ2n) is 10.2. The van der Waals surface area contributed by atoms with E-state index in [1.54, 1.807) is 5.56 Å². The van der Waals surface area contributed by atoms with Crippen LogP contribution in [0.2, 0.25) is 0 Å². The monoisotopic (exact) mass is 406 g/mol. The first-order valence-electron chi connectivity index (χ1n) is 12.2. The number of hydrogen-bond acceptors (Lipinski definition) is 3. The lowest BCUT2D eigenvalue weighted by Crippen LogP contribution is -2.38. The normalized spacial score (nSPS) is 25.6. The summed E-state index contributed by atoms with van der Waals surface area (Å²) in [7, 11) is 0. The predicted molar refractivity (Wildman–Crippen MR) is 123 cm³/mol. The van der Waals surface area contributed by atoms with Crippen molar-refractivity contribution in [2.24, 2.45) is 5.92 Å². The number of aromatic nitrogens is 2. The van der Waals surface area contributed by atoms with Gasteiger partial charge in [0, 0.05) is 36.4 Å². The van der Waals surface area contributed by atoms with E-state index in [2.05, 4.69) is 65.0 Å². The van der Waals surface area contributed by atoms with Crippen molar-refractivity contribution >= 4 is 0 Å². The smallest absolute Gasteiger partial charge is 0.0641 e. The highest BCUT2D eigenvalue weighted by Gasteiger charge is 2.39. The fourth-order valence-corrected chi connectivity index (χ4v) is 5.92. The molecule has 3 fully saturated rings. The van der Waals surface area contributed by atoms with E-state index >= 15 is 0 Å². The number of likely N-dealkylation sites (tertiary alicyclic amines) is 1. The molecule has 2 aromatic rings. The van der Waals surface area contributed by atoms with Gasteiger partial charge in [-0.2, -0.15) is 5.10 Å². The maximum atomic E-state index is 4.45. The lowest BCUT2D eigenvalue weighted by Gasteiger charge is -2.41. The van der Waals surface area contributed by atoms with Crippen LogP contribution in [0.15, 0.2) is 24.3 Å². The van der Waals surface area contributed by atoms with E-state index in [0.29, 0.717) is 6.04 Å². The van der Waals surface area contributed by atoms with Crippen LogP contribution >= 0.6 is 0 Å². The number of hydrogen-bond donors (Lipinski definition) is 1. The second kappa shape index (κ2) is 8.47. The van der Waals surface area contributed by atoms with E-state index in [1.165, 1.54) is 80.7 Å². The summed E-state index contributed by atoms with van der Waals surface area (Å²) in [5.41, 5.74) is 6.88. The molecular formula is C26H38N4. The van der Waals surface area contributed by atoms with Crippen molar-refractivity contribution in [3.63, 3.8) is 0 Å². The number of aromatic amines is 1. The van der Waals surface area contributed by atoms with Crippen LogP contribution in [0.4, 0.5) is 0 Å². The Hall–Kier alpha value is -1.65. The lowest BCUT2D eigenvalue weighted by molar-refractivity contribution is 0.118. The largest absolute Gasteiger partial charge is 0.299 e. The number of benzene rings is 1. The molecule has 4 heteroatoms. The first kappa shape index (κ1) is 20.3. The second-order valence-corrected chi connectivity index (χ2v) is 10.2. The van der Waals surface area contributed by atoms with Gasteiger partial charge in [0.15, 0.2) is 0 Å². The Morgan fingerprint density at radius 2 is 1.80 bits per heavy atom. The molecule has 1 unspecified atom stereocenters. The zero-order valence-electron chi connectivity index (χ0n) is 19.0. The minimum absolute atomic E-state index is 0.472.